The molecule has 1 aliphatic rings. The third-order valence-electron chi connectivity index (χ3n) is 3.99. The Balaban J connectivity index is 1.48. The lowest BCUT2D eigenvalue weighted by molar-refractivity contribution is 0.0917. The normalized spacial score (nSPS) is 16.7. The quantitative estimate of drug-likeness (QED) is 0.904. The number of benzene rings is 1. The standard InChI is InChI=1S/C17H19ClN4O3/c1-21-10-14(18)15(20-21)16(23)19-13-7-8-22(9-13)17(24)25-11-12-5-3-2-4-6-12/h2-6,10,13H,7-9,11H2,1H3,(H,19,23). The van der Waals surface area contributed by atoms with Gasteiger partial charge in [-0.3, -0.25) is 9.48 Å². The zero-order chi connectivity index (χ0) is 17.8. The van der Waals surface area contributed by atoms with Crippen LogP contribution in [0.4, 0.5) is 4.79 Å². The van der Waals surface area contributed by atoms with Crippen molar-refractivity contribution in [1.29, 1.82) is 0 Å². The molecular weight excluding hydrogens is 344 g/mol. The summed E-state index contributed by atoms with van der Waals surface area (Å²) < 4.78 is 6.80. The third kappa shape index (κ3) is 4.30. The maximum absolute atomic E-state index is 12.2. The molecule has 0 spiro atoms. The van der Waals surface area contributed by atoms with E-state index in [1.807, 2.05) is 30.3 Å². The summed E-state index contributed by atoms with van der Waals surface area (Å²) in [6.45, 7) is 1.18. The van der Waals surface area contributed by atoms with Gasteiger partial charge in [0.1, 0.15) is 6.61 Å². The van der Waals surface area contributed by atoms with Crippen molar-refractivity contribution in [3.8, 4) is 0 Å². The van der Waals surface area contributed by atoms with Gasteiger partial charge in [-0.25, -0.2) is 4.79 Å². The zero-order valence-corrected chi connectivity index (χ0v) is 14.6. The third-order valence-corrected chi connectivity index (χ3v) is 4.26. The van der Waals surface area contributed by atoms with Gasteiger partial charge in [-0.05, 0) is 12.0 Å². The number of halogens is 1. The summed E-state index contributed by atoms with van der Waals surface area (Å²) in [6, 6.07) is 9.36. The zero-order valence-electron chi connectivity index (χ0n) is 13.8. The summed E-state index contributed by atoms with van der Waals surface area (Å²) in [7, 11) is 1.70. The van der Waals surface area contributed by atoms with Crippen molar-refractivity contribution >= 4 is 23.6 Å². The summed E-state index contributed by atoms with van der Waals surface area (Å²) >= 11 is 5.98. The van der Waals surface area contributed by atoms with E-state index in [4.69, 9.17) is 16.3 Å². The van der Waals surface area contributed by atoms with Gasteiger partial charge in [0.15, 0.2) is 5.69 Å². The van der Waals surface area contributed by atoms with Crippen LogP contribution in [-0.2, 0) is 18.4 Å². The SMILES string of the molecule is Cn1cc(Cl)c(C(=O)NC2CCN(C(=O)OCc3ccccc3)C2)n1. The first-order valence-corrected chi connectivity index (χ1v) is 8.36. The Bertz CT molecular complexity index is 763. The number of carbonyl (C=O) groups is 2. The molecule has 3 rings (SSSR count). The molecule has 132 valence electrons. The Morgan fingerprint density at radius 1 is 1.36 bits per heavy atom. The summed E-state index contributed by atoms with van der Waals surface area (Å²) in [5, 5.41) is 7.20. The average molecular weight is 363 g/mol. The molecule has 0 saturated carbocycles. The molecule has 1 N–H and O–H groups in total. The second kappa shape index (κ2) is 7.57. The molecule has 1 aromatic heterocycles. The number of nitrogens with one attached hydrogen (secondary N) is 1. The number of aryl methyl sites for hydroxylation is 1. The Morgan fingerprint density at radius 2 is 2.12 bits per heavy atom. The van der Waals surface area contributed by atoms with Crippen LogP contribution in [0.25, 0.3) is 0 Å². The largest absolute Gasteiger partial charge is 0.445 e. The number of amides is 2. The Hall–Kier alpha value is -2.54. The monoisotopic (exact) mass is 362 g/mol. The molecule has 0 radical (unpaired) electrons. The van der Waals surface area contributed by atoms with Gasteiger partial charge in [0.2, 0.25) is 0 Å². The topological polar surface area (TPSA) is 76.5 Å². The summed E-state index contributed by atoms with van der Waals surface area (Å²) in [6.07, 6.45) is 1.85. The summed E-state index contributed by atoms with van der Waals surface area (Å²) in [4.78, 5) is 25.9. The number of carbonyl (C=O) groups excluding carboxylic acids is 2. The highest BCUT2D eigenvalue weighted by Crippen LogP contribution is 2.16. The van der Waals surface area contributed by atoms with Crippen molar-refractivity contribution in [2.75, 3.05) is 13.1 Å². The van der Waals surface area contributed by atoms with E-state index in [0.29, 0.717) is 24.5 Å². The Kier molecular flexibility index (Phi) is 5.23. The molecule has 0 aliphatic carbocycles. The molecule has 25 heavy (non-hydrogen) atoms. The second-order valence-corrected chi connectivity index (χ2v) is 6.35. The highest BCUT2D eigenvalue weighted by Gasteiger charge is 2.29. The number of hydrogen-bond acceptors (Lipinski definition) is 4. The molecule has 1 unspecified atom stereocenters. The molecule has 2 amide bonds. The van der Waals surface area contributed by atoms with Crippen LogP contribution in [0.15, 0.2) is 36.5 Å². The smallest absolute Gasteiger partial charge is 0.410 e. The van der Waals surface area contributed by atoms with E-state index in [2.05, 4.69) is 10.4 Å². The van der Waals surface area contributed by atoms with Crippen LogP contribution >= 0.6 is 11.6 Å². The highest BCUT2D eigenvalue weighted by atomic mass is 35.5. The molecule has 7 nitrogen and oxygen atoms in total. The fourth-order valence-electron chi connectivity index (χ4n) is 2.72. The minimum Gasteiger partial charge on any atom is -0.445 e. The van der Waals surface area contributed by atoms with Crippen LogP contribution in [0.2, 0.25) is 5.02 Å². The van der Waals surface area contributed by atoms with Crippen LogP contribution in [0, 0.1) is 0 Å². The number of nitrogens with zero attached hydrogens (tertiary/aromatic N) is 3. The van der Waals surface area contributed by atoms with Gasteiger partial charge in [-0.2, -0.15) is 5.10 Å². The van der Waals surface area contributed by atoms with E-state index in [1.165, 1.54) is 4.68 Å². The van der Waals surface area contributed by atoms with Gasteiger partial charge in [0, 0.05) is 32.4 Å². The molecule has 0 bridgehead atoms. The lowest BCUT2D eigenvalue weighted by atomic mass is 10.2. The van der Waals surface area contributed by atoms with Crippen LogP contribution in [0.1, 0.15) is 22.5 Å². The van der Waals surface area contributed by atoms with E-state index in [1.54, 1.807) is 18.1 Å². The first-order valence-electron chi connectivity index (χ1n) is 7.98. The molecule has 1 aliphatic heterocycles. The van der Waals surface area contributed by atoms with Crippen molar-refractivity contribution < 1.29 is 14.3 Å². The van der Waals surface area contributed by atoms with Crippen molar-refractivity contribution in [2.45, 2.75) is 19.1 Å². The van der Waals surface area contributed by atoms with E-state index >= 15 is 0 Å². The first kappa shape index (κ1) is 17.3. The molecule has 2 heterocycles. The van der Waals surface area contributed by atoms with Crippen molar-refractivity contribution in [1.82, 2.24) is 20.0 Å². The molecule has 2 aromatic rings. The second-order valence-electron chi connectivity index (χ2n) is 5.94. The first-order chi connectivity index (χ1) is 12.0. The maximum Gasteiger partial charge on any atom is 0.410 e. The Labute approximate surface area is 150 Å². The minimum absolute atomic E-state index is 0.144. The molecule has 1 atom stereocenters. The number of ether oxygens (including phenoxy) is 1. The van der Waals surface area contributed by atoms with Gasteiger partial charge < -0.3 is 15.0 Å². The van der Waals surface area contributed by atoms with Crippen LogP contribution in [0.5, 0.6) is 0 Å². The average Bonchev–Trinajstić information content (AvgIpc) is 3.19. The predicted molar refractivity (Wildman–Crippen MR) is 92.3 cm³/mol. The summed E-state index contributed by atoms with van der Waals surface area (Å²) in [5.41, 5.74) is 1.12. The lowest BCUT2D eigenvalue weighted by Crippen LogP contribution is -2.38. The highest BCUT2D eigenvalue weighted by molar-refractivity contribution is 6.33. The van der Waals surface area contributed by atoms with Crippen molar-refractivity contribution in [3.63, 3.8) is 0 Å². The number of likely N-dealkylation sites (tertiary alicyclic amines) is 1. The molecule has 1 aromatic carbocycles. The molecule has 1 fully saturated rings. The lowest BCUT2D eigenvalue weighted by Gasteiger charge is -2.17. The van der Waals surface area contributed by atoms with Gasteiger partial charge in [0.25, 0.3) is 5.91 Å². The van der Waals surface area contributed by atoms with Gasteiger partial charge in [0.05, 0.1) is 5.02 Å². The van der Waals surface area contributed by atoms with Gasteiger partial charge >= 0.3 is 6.09 Å². The van der Waals surface area contributed by atoms with Crippen LogP contribution in [0.3, 0.4) is 0 Å². The number of rotatable bonds is 4. The van der Waals surface area contributed by atoms with Crippen molar-refractivity contribution in [2.24, 2.45) is 7.05 Å². The fourth-order valence-corrected chi connectivity index (χ4v) is 2.99. The van der Waals surface area contributed by atoms with E-state index < -0.39 is 0 Å². The van der Waals surface area contributed by atoms with E-state index in [0.717, 1.165) is 5.56 Å². The summed E-state index contributed by atoms with van der Waals surface area (Å²) in [5.74, 6) is -0.338. The Morgan fingerprint density at radius 3 is 2.80 bits per heavy atom. The maximum atomic E-state index is 12.2. The fraction of sp³-hybridized carbons (Fsp3) is 0.353. The van der Waals surface area contributed by atoms with Gasteiger partial charge in [-0.15, -0.1) is 0 Å². The minimum atomic E-state index is -0.378. The van der Waals surface area contributed by atoms with E-state index in [9.17, 15) is 9.59 Å². The number of aromatic nitrogens is 2. The molecular formula is C17H19ClN4O3. The predicted octanol–water partition coefficient (Wildman–Crippen LogP) is 2.21. The number of hydrogen-bond donors (Lipinski definition) is 1. The molecule has 1 saturated heterocycles. The van der Waals surface area contributed by atoms with E-state index in [-0.39, 0.29) is 30.3 Å². The van der Waals surface area contributed by atoms with Crippen LogP contribution < -0.4 is 5.32 Å². The van der Waals surface area contributed by atoms with Crippen LogP contribution in [-0.4, -0.2) is 45.8 Å². The van der Waals surface area contributed by atoms with Gasteiger partial charge in [-0.1, -0.05) is 41.9 Å². The van der Waals surface area contributed by atoms with Crippen molar-refractivity contribution in [3.05, 3.63) is 52.8 Å². The molecule has 8 heteroatoms.